The number of ether oxygens (including phenoxy) is 1. The molecule has 2 heteroatoms. The molecule has 0 aliphatic rings. The van der Waals surface area contributed by atoms with Gasteiger partial charge in [-0.2, -0.15) is 0 Å². The first-order chi connectivity index (χ1) is 9.02. The summed E-state index contributed by atoms with van der Waals surface area (Å²) >= 11 is 0. The van der Waals surface area contributed by atoms with Crippen LogP contribution in [0, 0.1) is 12.7 Å². The molecule has 0 amide bonds. The van der Waals surface area contributed by atoms with Gasteiger partial charge in [0.15, 0.2) is 0 Å². The zero-order chi connectivity index (χ0) is 14.0. The van der Waals surface area contributed by atoms with Crippen LogP contribution in [0.1, 0.15) is 30.9 Å². The number of hydrogen-bond donors (Lipinski definition) is 0. The van der Waals surface area contributed by atoms with Crippen molar-refractivity contribution in [2.45, 2.75) is 26.7 Å². The zero-order valence-corrected chi connectivity index (χ0v) is 11.8. The molecule has 0 saturated heterocycles. The SMILES string of the molecule is COc1c(C)cc(C(C)C)cc1-c1ccc(F)cc1. The summed E-state index contributed by atoms with van der Waals surface area (Å²) in [6, 6.07) is 10.8. The second-order valence-corrected chi connectivity index (χ2v) is 5.08. The van der Waals surface area contributed by atoms with Crippen molar-refractivity contribution in [1.29, 1.82) is 0 Å². The van der Waals surface area contributed by atoms with Crippen LogP contribution in [-0.4, -0.2) is 7.11 Å². The third-order valence-corrected chi connectivity index (χ3v) is 3.32. The highest BCUT2D eigenvalue weighted by Gasteiger charge is 2.12. The molecule has 0 unspecified atom stereocenters. The van der Waals surface area contributed by atoms with Gasteiger partial charge in [0.1, 0.15) is 11.6 Å². The Kier molecular flexibility index (Phi) is 3.89. The van der Waals surface area contributed by atoms with Gasteiger partial charge in [0.25, 0.3) is 0 Å². The van der Waals surface area contributed by atoms with E-state index < -0.39 is 0 Å². The minimum Gasteiger partial charge on any atom is -0.496 e. The summed E-state index contributed by atoms with van der Waals surface area (Å²) in [5.74, 6) is 1.08. The van der Waals surface area contributed by atoms with Gasteiger partial charge in [0, 0.05) is 5.56 Å². The maximum atomic E-state index is 13.0. The van der Waals surface area contributed by atoms with Crippen LogP contribution < -0.4 is 4.74 Å². The lowest BCUT2D eigenvalue weighted by atomic mass is 9.94. The third kappa shape index (κ3) is 2.78. The van der Waals surface area contributed by atoms with Gasteiger partial charge in [-0.1, -0.05) is 32.0 Å². The summed E-state index contributed by atoms with van der Waals surface area (Å²) in [6.07, 6.45) is 0. The molecule has 0 fully saturated rings. The van der Waals surface area contributed by atoms with E-state index in [4.69, 9.17) is 4.74 Å². The van der Waals surface area contributed by atoms with Crippen molar-refractivity contribution < 1.29 is 9.13 Å². The number of methoxy groups -OCH3 is 1. The number of hydrogen-bond acceptors (Lipinski definition) is 1. The Hall–Kier alpha value is -1.83. The van der Waals surface area contributed by atoms with Gasteiger partial charge in [-0.25, -0.2) is 4.39 Å². The molecule has 0 atom stereocenters. The van der Waals surface area contributed by atoms with Crippen molar-refractivity contribution in [2.24, 2.45) is 0 Å². The standard InChI is InChI=1S/C17H19FO/c1-11(2)14-9-12(3)17(19-4)16(10-14)13-5-7-15(18)8-6-13/h5-11H,1-4H3. The van der Waals surface area contributed by atoms with Crippen molar-refractivity contribution >= 4 is 0 Å². The van der Waals surface area contributed by atoms with Crippen molar-refractivity contribution in [3.05, 3.63) is 53.3 Å². The quantitative estimate of drug-likeness (QED) is 0.758. The fourth-order valence-corrected chi connectivity index (χ4v) is 2.25. The highest BCUT2D eigenvalue weighted by atomic mass is 19.1. The summed E-state index contributed by atoms with van der Waals surface area (Å²) in [6.45, 7) is 6.36. The van der Waals surface area contributed by atoms with Crippen LogP contribution in [0.5, 0.6) is 5.75 Å². The van der Waals surface area contributed by atoms with E-state index in [-0.39, 0.29) is 5.82 Å². The topological polar surface area (TPSA) is 9.23 Å². The lowest BCUT2D eigenvalue weighted by Crippen LogP contribution is -1.96. The number of benzene rings is 2. The van der Waals surface area contributed by atoms with E-state index in [0.717, 1.165) is 22.4 Å². The van der Waals surface area contributed by atoms with Gasteiger partial charge in [-0.05, 0) is 47.7 Å². The fraction of sp³-hybridized carbons (Fsp3) is 0.294. The minimum atomic E-state index is -0.223. The summed E-state index contributed by atoms with van der Waals surface area (Å²) in [5.41, 5.74) is 4.36. The zero-order valence-electron chi connectivity index (χ0n) is 11.8. The van der Waals surface area contributed by atoms with Crippen molar-refractivity contribution in [1.82, 2.24) is 0 Å². The van der Waals surface area contributed by atoms with Crippen LogP contribution in [0.4, 0.5) is 4.39 Å². The molecule has 0 radical (unpaired) electrons. The highest BCUT2D eigenvalue weighted by Crippen LogP contribution is 2.36. The molecular formula is C17H19FO. The van der Waals surface area contributed by atoms with Gasteiger partial charge in [0.2, 0.25) is 0 Å². The third-order valence-electron chi connectivity index (χ3n) is 3.32. The number of aryl methyl sites for hydroxylation is 1. The lowest BCUT2D eigenvalue weighted by Gasteiger charge is -2.16. The van der Waals surface area contributed by atoms with Gasteiger partial charge in [0.05, 0.1) is 7.11 Å². The van der Waals surface area contributed by atoms with Crippen LogP contribution in [0.15, 0.2) is 36.4 Å². The molecular weight excluding hydrogens is 239 g/mol. The van der Waals surface area contributed by atoms with Gasteiger partial charge >= 0.3 is 0 Å². The molecule has 0 spiro atoms. The number of halogens is 1. The average Bonchev–Trinajstić information content (AvgIpc) is 2.38. The van der Waals surface area contributed by atoms with Crippen molar-refractivity contribution in [3.63, 3.8) is 0 Å². The minimum absolute atomic E-state index is 0.223. The smallest absolute Gasteiger partial charge is 0.129 e. The van der Waals surface area contributed by atoms with E-state index in [9.17, 15) is 4.39 Å². The number of rotatable bonds is 3. The van der Waals surface area contributed by atoms with Crippen LogP contribution in [0.25, 0.3) is 11.1 Å². The first kappa shape index (κ1) is 13.6. The summed E-state index contributed by atoms with van der Waals surface area (Å²) in [5, 5.41) is 0. The second kappa shape index (κ2) is 5.43. The molecule has 0 saturated carbocycles. The molecule has 0 aliphatic carbocycles. The van der Waals surface area contributed by atoms with E-state index in [1.807, 2.05) is 6.92 Å². The van der Waals surface area contributed by atoms with Gasteiger partial charge in [-0.15, -0.1) is 0 Å². The Morgan fingerprint density at radius 2 is 1.68 bits per heavy atom. The molecule has 19 heavy (non-hydrogen) atoms. The Morgan fingerprint density at radius 3 is 2.21 bits per heavy atom. The molecule has 0 heterocycles. The van der Waals surface area contributed by atoms with Gasteiger partial charge in [-0.3, -0.25) is 0 Å². The molecule has 0 aromatic heterocycles. The Bertz CT molecular complexity index is 571. The van der Waals surface area contributed by atoms with E-state index in [2.05, 4.69) is 26.0 Å². The average molecular weight is 258 g/mol. The largest absolute Gasteiger partial charge is 0.496 e. The van der Waals surface area contributed by atoms with Crippen LogP contribution in [-0.2, 0) is 0 Å². The predicted molar refractivity (Wildman–Crippen MR) is 77.2 cm³/mol. The van der Waals surface area contributed by atoms with E-state index in [0.29, 0.717) is 5.92 Å². The Balaban J connectivity index is 2.62. The predicted octanol–water partition coefficient (Wildman–Crippen LogP) is 4.93. The summed E-state index contributed by atoms with van der Waals surface area (Å²) < 4.78 is 18.5. The summed E-state index contributed by atoms with van der Waals surface area (Å²) in [7, 11) is 1.67. The first-order valence-corrected chi connectivity index (χ1v) is 6.47. The van der Waals surface area contributed by atoms with Crippen LogP contribution in [0.2, 0.25) is 0 Å². The molecule has 2 rings (SSSR count). The molecule has 1 nitrogen and oxygen atoms in total. The second-order valence-electron chi connectivity index (χ2n) is 5.08. The molecule has 100 valence electrons. The monoisotopic (exact) mass is 258 g/mol. The van der Waals surface area contributed by atoms with E-state index in [1.165, 1.54) is 17.7 Å². The van der Waals surface area contributed by atoms with Crippen molar-refractivity contribution in [3.8, 4) is 16.9 Å². The Morgan fingerprint density at radius 1 is 1.05 bits per heavy atom. The van der Waals surface area contributed by atoms with Crippen LogP contribution >= 0.6 is 0 Å². The summed E-state index contributed by atoms with van der Waals surface area (Å²) in [4.78, 5) is 0. The maximum Gasteiger partial charge on any atom is 0.129 e. The molecule has 2 aromatic carbocycles. The van der Waals surface area contributed by atoms with E-state index in [1.54, 1.807) is 19.2 Å². The maximum absolute atomic E-state index is 13.0. The first-order valence-electron chi connectivity index (χ1n) is 6.47. The molecule has 0 bridgehead atoms. The normalized spacial score (nSPS) is 10.8. The molecule has 2 aromatic rings. The fourth-order valence-electron chi connectivity index (χ4n) is 2.25. The highest BCUT2D eigenvalue weighted by molar-refractivity contribution is 5.73. The molecule has 0 aliphatic heterocycles. The van der Waals surface area contributed by atoms with Gasteiger partial charge < -0.3 is 4.74 Å². The van der Waals surface area contributed by atoms with Crippen molar-refractivity contribution in [2.75, 3.05) is 7.11 Å². The Labute approximate surface area is 114 Å². The molecule has 0 N–H and O–H groups in total. The van der Waals surface area contributed by atoms with Crippen LogP contribution in [0.3, 0.4) is 0 Å². The lowest BCUT2D eigenvalue weighted by molar-refractivity contribution is 0.413. The van der Waals surface area contributed by atoms with E-state index >= 15 is 0 Å².